The number of rotatable bonds is 4. The van der Waals surface area contributed by atoms with E-state index in [9.17, 15) is 4.79 Å². The molecular weight excluding hydrogens is 348 g/mol. The second-order valence-corrected chi connectivity index (χ2v) is 6.59. The second-order valence-electron chi connectivity index (χ2n) is 6.15. The van der Waals surface area contributed by atoms with Crippen molar-refractivity contribution >= 4 is 34.8 Å². The van der Waals surface area contributed by atoms with Gasteiger partial charge in [0.1, 0.15) is 0 Å². The van der Waals surface area contributed by atoms with Gasteiger partial charge in [0.25, 0.3) is 5.91 Å². The number of anilines is 3. The number of aromatic nitrogens is 2. The standard InChI is InChI=1S/C20H19ClN4O/c1-12-4-5-13(2)18(8-12)25-20-22-10-15(11-23-20)19(26)24-17-7-6-16(21)9-14(17)3/h4-11H,1-3H3,(H,24,26)(H,22,23,25). The molecule has 0 spiro atoms. The number of hydrogen-bond donors (Lipinski definition) is 2. The van der Waals surface area contributed by atoms with Crippen molar-refractivity contribution in [1.82, 2.24) is 9.97 Å². The summed E-state index contributed by atoms with van der Waals surface area (Å²) in [6, 6.07) is 11.4. The van der Waals surface area contributed by atoms with Crippen molar-refractivity contribution < 1.29 is 4.79 Å². The number of carbonyl (C=O) groups is 1. The monoisotopic (exact) mass is 366 g/mol. The number of nitrogens with one attached hydrogen (secondary N) is 2. The van der Waals surface area contributed by atoms with Crippen LogP contribution in [0, 0.1) is 20.8 Å². The lowest BCUT2D eigenvalue weighted by Crippen LogP contribution is -2.14. The summed E-state index contributed by atoms with van der Waals surface area (Å²) >= 11 is 5.94. The molecule has 0 aliphatic heterocycles. The summed E-state index contributed by atoms with van der Waals surface area (Å²) in [5.41, 5.74) is 5.16. The van der Waals surface area contributed by atoms with E-state index in [1.165, 1.54) is 12.4 Å². The highest BCUT2D eigenvalue weighted by molar-refractivity contribution is 6.30. The molecular formula is C20H19ClN4O. The zero-order chi connectivity index (χ0) is 18.7. The minimum absolute atomic E-state index is 0.270. The van der Waals surface area contributed by atoms with Gasteiger partial charge in [0.2, 0.25) is 5.95 Å². The van der Waals surface area contributed by atoms with Gasteiger partial charge in [-0.05, 0) is 61.7 Å². The number of aryl methyl sites for hydroxylation is 3. The van der Waals surface area contributed by atoms with E-state index in [2.05, 4.69) is 20.6 Å². The Morgan fingerprint density at radius 1 is 0.923 bits per heavy atom. The predicted molar refractivity (Wildman–Crippen MR) is 105 cm³/mol. The van der Waals surface area contributed by atoms with Crippen molar-refractivity contribution in [2.75, 3.05) is 10.6 Å². The molecule has 0 radical (unpaired) electrons. The van der Waals surface area contributed by atoms with Crippen molar-refractivity contribution in [1.29, 1.82) is 0 Å². The van der Waals surface area contributed by atoms with Gasteiger partial charge in [-0.25, -0.2) is 9.97 Å². The summed E-state index contributed by atoms with van der Waals surface area (Å²) in [6.07, 6.45) is 3.00. The molecule has 1 heterocycles. The van der Waals surface area contributed by atoms with Gasteiger partial charge in [0.05, 0.1) is 5.56 Å². The Bertz CT molecular complexity index is 955. The van der Waals surface area contributed by atoms with Gasteiger partial charge in [-0.3, -0.25) is 4.79 Å². The van der Waals surface area contributed by atoms with Gasteiger partial charge in [0, 0.05) is 28.8 Å². The van der Waals surface area contributed by atoms with Crippen molar-refractivity contribution in [2.45, 2.75) is 20.8 Å². The first-order valence-corrected chi connectivity index (χ1v) is 8.54. The maximum absolute atomic E-state index is 12.4. The van der Waals surface area contributed by atoms with Gasteiger partial charge in [0.15, 0.2) is 0 Å². The molecule has 5 nitrogen and oxygen atoms in total. The molecule has 132 valence electrons. The summed E-state index contributed by atoms with van der Waals surface area (Å²) in [4.78, 5) is 20.9. The van der Waals surface area contributed by atoms with E-state index in [1.54, 1.807) is 18.2 Å². The predicted octanol–water partition coefficient (Wildman–Crippen LogP) is 5.05. The van der Waals surface area contributed by atoms with Gasteiger partial charge in [-0.1, -0.05) is 23.7 Å². The third kappa shape index (κ3) is 4.18. The maximum atomic E-state index is 12.4. The lowest BCUT2D eigenvalue weighted by Gasteiger charge is -2.10. The number of nitrogens with zero attached hydrogens (tertiary/aromatic N) is 2. The Labute approximate surface area is 157 Å². The molecule has 0 aliphatic carbocycles. The first-order valence-electron chi connectivity index (χ1n) is 8.16. The fourth-order valence-corrected chi connectivity index (χ4v) is 2.69. The van der Waals surface area contributed by atoms with Gasteiger partial charge in [-0.2, -0.15) is 0 Å². The van der Waals surface area contributed by atoms with Crippen LogP contribution < -0.4 is 10.6 Å². The molecule has 0 unspecified atom stereocenters. The number of halogens is 1. The maximum Gasteiger partial charge on any atom is 0.258 e. The molecule has 0 saturated carbocycles. The fourth-order valence-electron chi connectivity index (χ4n) is 2.46. The summed E-state index contributed by atoms with van der Waals surface area (Å²) < 4.78 is 0. The highest BCUT2D eigenvalue weighted by Crippen LogP contribution is 2.21. The van der Waals surface area contributed by atoms with Crippen LogP contribution in [0.2, 0.25) is 5.02 Å². The highest BCUT2D eigenvalue weighted by atomic mass is 35.5. The van der Waals surface area contributed by atoms with E-state index in [-0.39, 0.29) is 5.91 Å². The smallest absolute Gasteiger partial charge is 0.258 e. The average Bonchev–Trinajstić information content (AvgIpc) is 2.61. The van der Waals surface area contributed by atoms with E-state index in [1.807, 2.05) is 39.0 Å². The van der Waals surface area contributed by atoms with E-state index in [4.69, 9.17) is 11.6 Å². The second kappa shape index (κ2) is 7.54. The molecule has 0 saturated heterocycles. The summed E-state index contributed by atoms with van der Waals surface area (Å²) in [7, 11) is 0. The average molecular weight is 367 g/mol. The number of carbonyl (C=O) groups excluding carboxylic acids is 1. The van der Waals surface area contributed by atoms with Gasteiger partial charge < -0.3 is 10.6 Å². The molecule has 0 atom stereocenters. The fraction of sp³-hybridized carbons (Fsp3) is 0.150. The van der Waals surface area contributed by atoms with Crippen LogP contribution in [0.5, 0.6) is 0 Å². The summed E-state index contributed by atoms with van der Waals surface area (Å²) in [5, 5.41) is 6.65. The lowest BCUT2D eigenvalue weighted by atomic mass is 10.1. The summed E-state index contributed by atoms with van der Waals surface area (Å²) in [6.45, 7) is 5.92. The molecule has 3 rings (SSSR count). The molecule has 1 amide bonds. The topological polar surface area (TPSA) is 66.9 Å². The first-order chi connectivity index (χ1) is 12.4. The normalized spacial score (nSPS) is 10.5. The van der Waals surface area contributed by atoms with Crippen LogP contribution in [0.15, 0.2) is 48.8 Å². The minimum Gasteiger partial charge on any atom is -0.324 e. The van der Waals surface area contributed by atoms with Crippen molar-refractivity contribution in [3.8, 4) is 0 Å². The molecule has 0 aliphatic rings. The van der Waals surface area contributed by atoms with Crippen LogP contribution >= 0.6 is 11.6 Å². The Morgan fingerprint density at radius 2 is 1.65 bits per heavy atom. The number of amides is 1. The lowest BCUT2D eigenvalue weighted by molar-refractivity contribution is 0.102. The Morgan fingerprint density at radius 3 is 2.35 bits per heavy atom. The van der Waals surface area contributed by atoms with Crippen molar-refractivity contribution in [3.05, 3.63) is 76.1 Å². The molecule has 2 aromatic carbocycles. The third-order valence-corrected chi connectivity index (χ3v) is 4.23. The molecule has 0 bridgehead atoms. The van der Waals surface area contributed by atoms with Gasteiger partial charge >= 0.3 is 0 Å². The molecule has 0 fully saturated rings. The largest absolute Gasteiger partial charge is 0.324 e. The molecule has 2 N–H and O–H groups in total. The highest BCUT2D eigenvalue weighted by Gasteiger charge is 2.10. The third-order valence-electron chi connectivity index (χ3n) is 3.99. The first kappa shape index (κ1) is 17.9. The minimum atomic E-state index is -0.270. The number of hydrogen-bond acceptors (Lipinski definition) is 4. The Kier molecular flexibility index (Phi) is 5.19. The number of benzene rings is 2. The van der Waals surface area contributed by atoms with Crippen molar-refractivity contribution in [3.63, 3.8) is 0 Å². The van der Waals surface area contributed by atoms with E-state index >= 15 is 0 Å². The molecule has 3 aromatic rings. The van der Waals surface area contributed by atoms with E-state index in [0.717, 1.165) is 22.4 Å². The quantitative estimate of drug-likeness (QED) is 0.678. The van der Waals surface area contributed by atoms with Crippen molar-refractivity contribution in [2.24, 2.45) is 0 Å². The van der Waals surface area contributed by atoms with Crippen LogP contribution in [0.3, 0.4) is 0 Å². The SMILES string of the molecule is Cc1ccc(C)c(Nc2ncc(C(=O)Nc3ccc(Cl)cc3C)cn2)c1. The van der Waals surface area contributed by atoms with Crippen LogP contribution in [-0.2, 0) is 0 Å². The van der Waals surface area contributed by atoms with Gasteiger partial charge in [-0.15, -0.1) is 0 Å². The van der Waals surface area contributed by atoms with Crippen LogP contribution in [0.25, 0.3) is 0 Å². The zero-order valence-electron chi connectivity index (χ0n) is 14.8. The van der Waals surface area contributed by atoms with Crippen LogP contribution in [-0.4, -0.2) is 15.9 Å². The Balaban J connectivity index is 1.72. The van der Waals surface area contributed by atoms with Crippen LogP contribution in [0.4, 0.5) is 17.3 Å². The Hall–Kier alpha value is -2.92. The van der Waals surface area contributed by atoms with E-state index in [0.29, 0.717) is 22.2 Å². The molecule has 1 aromatic heterocycles. The van der Waals surface area contributed by atoms with Crippen LogP contribution in [0.1, 0.15) is 27.0 Å². The van der Waals surface area contributed by atoms with E-state index < -0.39 is 0 Å². The summed E-state index contributed by atoms with van der Waals surface area (Å²) in [5.74, 6) is 0.173. The molecule has 26 heavy (non-hydrogen) atoms. The molecule has 6 heteroatoms. The zero-order valence-corrected chi connectivity index (χ0v) is 15.6.